The Morgan fingerprint density at radius 2 is 2.12 bits per heavy atom. The summed E-state index contributed by atoms with van der Waals surface area (Å²) in [5, 5.41) is 0.700. The quantitative estimate of drug-likeness (QED) is 0.822. The number of hydrogen-bond acceptors (Lipinski definition) is 4. The predicted octanol–water partition coefficient (Wildman–Crippen LogP) is 3.40. The molecule has 25 heavy (non-hydrogen) atoms. The van der Waals surface area contributed by atoms with E-state index in [9.17, 15) is 4.79 Å². The summed E-state index contributed by atoms with van der Waals surface area (Å²) in [5.74, 6) is 0.887. The number of benzene rings is 1. The molecule has 1 unspecified atom stereocenters. The van der Waals surface area contributed by atoms with Gasteiger partial charge in [0.2, 0.25) is 11.9 Å². The Labute approximate surface area is 153 Å². The largest absolute Gasteiger partial charge is 0.340 e. The third-order valence-corrected chi connectivity index (χ3v) is 4.80. The van der Waals surface area contributed by atoms with Crippen molar-refractivity contribution in [2.45, 2.75) is 26.3 Å². The van der Waals surface area contributed by atoms with Gasteiger partial charge in [0, 0.05) is 43.6 Å². The monoisotopic (exact) mass is 358 g/mol. The zero-order valence-corrected chi connectivity index (χ0v) is 15.2. The molecule has 1 aromatic carbocycles. The van der Waals surface area contributed by atoms with Gasteiger partial charge in [-0.05, 0) is 43.5 Å². The number of hydrogen-bond donors (Lipinski definition) is 0. The Hall–Kier alpha value is -2.14. The smallest absolute Gasteiger partial charge is 0.227 e. The molecule has 1 aliphatic heterocycles. The van der Waals surface area contributed by atoms with Gasteiger partial charge in [0.25, 0.3) is 0 Å². The minimum atomic E-state index is -0.0170. The molecule has 1 saturated heterocycles. The van der Waals surface area contributed by atoms with Crippen LogP contribution in [0, 0.1) is 5.92 Å². The summed E-state index contributed by atoms with van der Waals surface area (Å²) < 4.78 is 0. The van der Waals surface area contributed by atoms with E-state index >= 15 is 0 Å². The summed E-state index contributed by atoms with van der Waals surface area (Å²) in [6.07, 6.45) is 5.37. The van der Waals surface area contributed by atoms with Crippen LogP contribution in [0.25, 0.3) is 0 Å². The highest BCUT2D eigenvalue weighted by Crippen LogP contribution is 2.23. The highest BCUT2D eigenvalue weighted by atomic mass is 35.5. The number of aromatic nitrogens is 2. The summed E-state index contributed by atoms with van der Waals surface area (Å²) in [5.41, 5.74) is 1.06. The van der Waals surface area contributed by atoms with Crippen LogP contribution in [0.2, 0.25) is 5.02 Å². The molecule has 1 aliphatic rings. The van der Waals surface area contributed by atoms with Crippen molar-refractivity contribution in [2.24, 2.45) is 5.92 Å². The summed E-state index contributed by atoms with van der Waals surface area (Å²) in [4.78, 5) is 25.7. The predicted molar refractivity (Wildman–Crippen MR) is 99.5 cm³/mol. The highest BCUT2D eigenvalue weighted by molar-refractivity contribution is 6.30. The van der Waals surface area contributed by atoms with Crippen LogP contribution in [0.1, 0.15) is 25.3 Å². The molecule has 0 bridgehead atoms. The lowest BCUT2D eigenvalue weighted by Crippen LogP contribution is -2.45. The van der Waals surface area contributed by atoms with Gasteiger partial charge in [-0.25, -0.2) is 9.97 Å². The Bertz CT molecular complexity index is 710. The minimum Gasteiger partial charge on any atom is -0.340 e. The van der Waals surface area contributed by atoms with Gasteiger partial charge in [-0.3, -0.25) is 4.79 Å². The van der Waals surface area contributed by atoms with Crippen LogP contribution in [0.15, 0.2) is 42.7 Å². The zero-order chi connectivity index (χ0) is 17.6. The lowest BCUT2D eigenvalue weighted by molar-refractivity contribution is -0.136. The zero-order valence-electron chi connectivity index (χ0n) is 14.4. The van der Waals surface area contributed by atoms with Crippen molar-refractivity contribution in [1.82, 2.24) is 14.9 Å². The van der Waals surface area contributed by atoms with Crippen molar-refractivity contribution in [3.63, 3.8) is 0 Å². The van der Waals surface area contributed by atoms with Crippen molar-refractivity contribution in [3.05, 3.63) is 53.3 Å². The Morgan fingerprint density at radius 3 is 2.84 bits per heavy atom. The van der Waals surface area contributed by atoms with E-state index in [1.54, 1.807) is 18.5 Å². The molecule has 0 saturated carbocycles. The van der Waals surface area contributed by atoms with Crippen LogP contribution in [-0.2, 0) is 11.3 Å². The first-order valence-corrected chi connectivity index (χ1v) is 9.10. The maximum absolute atomic E-state index is 13.0. The first kappa shape index (κ1) is 17.7. The molecule has 0 radical (unpaired) electrons. The number of halogens is 1. The molecule has 6 heteroatoms. The molecule has 1 aromatic heterocycles. The molecule has 1 amide bonds. The Balaban J connectivity index is 1.67. The van der Waals surface area contributed by atoms with E-state index in [-0.39, 0.29) is 11.8 Å². The van der Waals surface area contributed by atoms with E-state index in [4.69, 9.17) is 11.6 Å². The van der Waals surface area contributed by atoms with Crippen molar-refractivity contribution < 1.29 is 4.79 Å². The molecule has 3 rings (SSSR count). The van der Waals surface area contributed by atoms with E-state index in [1.165, 1.54) is 0 Å². The second kappa shape index (κ2) is 8.30. The van der Waals surface area contributed by atoms with Crippen molar-refractivity contribution in [2.75, 3.05) is 24.5 Å². The molecule has 1 fully saturated rings. The van der Waals surface area contributed by atoms with Gasteiger partial charge in [0.1, 0.15) is 0 Å². The summed E-state index contributed by atoms with van der Waals surface area (Å²) in [6.45, 7) is 4.87. The van der Waals surface area contributed by atoms with Crippen molar-refractivity contribution in [3.8, 4) is 0 Å². The van der Waals surface area contributed by atoms with Gasteiger partial charge in [0.15, 0.2) is 0 Å². The van der Waals surface area contributed by atoms with Crippen molar-refractivity contribution >= 4 is 23.5 Å². The van der Waals surface area contributed by atoms with E-state index in [0.717, 1.165) is 24.9 Å². The summed E-state index contributed by atoms with van der Waals surface area (Å²) >= 11 is 6.06. The second-order valence-electron chi connectivity index (χ2n) is 6.32. The maximum Gasteiger partial charge on any atom is 0.227 e. The van der Waals surface area contributed by atoms with Crippen LogP contribution in [0.3, 0.4) is 0 Å². The molecule has 5 nitrogen and oxygen atoms in total. The molecule has 0 spiro atoms. The third-order valence-electron chi connectivity index (χ3n) is 4.56. The van der Waals surface area contributed by atoms with E-state index in [2.05, 4.69) is 14.9 Å². The van der Waals surface area contributed by atoms with Crippen LogP contribution in [-0.4, -0.2) is 40.4 Å². The molecule has 0 N–H and O–H groups in total. The standard InChI is InChI=1S/C19H23ClN4O/c1-2-23(13-15-6-3-8-17(20)12-15)18(25)16-7-4-11-24(14-16)19-21-9-5-10-22-19/h3,5-6,8-10,12,16H,2,4,7,11,13-14H2,1H3. The normalized spacial score (nSPS) is 17.4. The number of amides is 1. The Kier molecular flexibility index (Phi) is 5.87. The molecule has 2 aromatic rings. The third kappa shape index (κ3) is 4.48. The van der Waals surface area contributed by atoms with E-state index < -0.39 is 0 Å². The summed E-state index contributed by atoms with van der Waals surface area (Å²) in [6, 6.07) is 9.50. The van der Waals surface area contributed by atoms with Crippen molar-refractivity contribution in [1.29, 1.82) is 0 Å². The molecule has 0 aliphatic carbocycles. The van der Waals surface area contributed by atoms with Gasteiger partial charge in [-0.2, -0.15) is 0 Å². The highest BCUT2D eigenvalue weighted by Gasteiger charge is 2.29. The average Bonchev–Trinajstić information content (AvgIpc) is 2.66. The van der Waals surface area contributed by atoms with E-state index in [1.807, 2.05) is 36.1 Å². The molecule has 2 heterocycles. The van der Waals surface area contributed by atoms with Gasteiger partial charge in [-0.15, -0.1) is 0 Å². The lowest BCUT2D eigenvalue weighted by atomic mass is 9.96. The van der Waals surface area contributed by atoms with Crippen LogP contribution in [0.5, 0.6) is 0 Å². The molecule has 132 valence electrons. The molecule has 1 atom stereocenters. The van der Waals surface area contributed by atoms with E-state index in [0.29, 0.717) is 30.6 Å². The number of piperidine rings is 1. The fraction of sp³-hybridized carbons (Fsp3) is 0.421. The number of carbonyl (C=O) groups excluding carboxylic acids is 1. The number of anilines is 1. The number of rotatable bonds is 5. The van der Waals surface area contributed by atoms with Gasteiger partial charge >= 0.3 is 0 Å². The van der Waals surface area contributed by atoms with Crippen LogP contribution < -0.4 is 4.90 Å². The fourth-order valence-corrected chi connectivity index (χ4v) is 3.49. The second-order valence-corrected chi connectivity index (χ2v) is 6.75. The maximum atomic E-state index is 13.0. The number of carbonyl (C=O) groups is 1. The SMILES string of the molecule is CCN(Cc1cccc(Cl)c1)C(=O)C1CCCN(c2ncccn2)C1. The fourth-order valence-electron chi connectivity index (χ4n) is 3.27. The first-order chi connectivity index (χ1) is 12.2. The van der Waals surface area contributed by atoms with Gasteiger partial charge in [-0.1, -0.05) is 23.7 Å². The van der Waals surface area contributed by atoms with Gasteiger partial charge in [0.05, 0.1) is 5.92 Å². The average molecular weight is 359 g/mol. The topological polar surface area (TPSA) is 49.3 Å². The van der Waals surface area contributed by atoms with Crippen LogP contribution in [0.4, 0.5) is 5.95 Å². The van der Waals surface area contributed by atoms with Crippen LogP contribution >= 0.6 is 11.6 Å². The first-order valence-electron chi connectivity index (χ1n) is 8.72. The minimum absolute atomic E-state index is 0.0170. The molecular formula is C19H23ClN4O. The molecular weight excluding hydrogens is 336 g/mol. The number of nitrogens with zero attached hydrogens (tertiary/aromatic N) is 4. The summed E-state index contributed by atoms with van der Waals surface area (Å²) in [7, 11) is 0. The Morgan fingerprint density at radius 1 is 1.32 bits per heavy atom. The lowest BCUT2D eigenvalue weighted by Gasteiger charge is -2.34. The van der Waals surface area contributed by atoms with Gasteiger partial charge < -0.3 is 9.80 Å².